The van der Waals surface area contributed by atoms with Gasteiger partial charge in [-0.05, 0) is 38.7 Å². The van der Waals surface area contributed by atoms with Gasteiger partial charge in [0.25, 0.3) is 0 Å². The second-order valence-corrected chi connectivity index (χ2v) is 9.41. The first kappa shape index (κ1) is 23.4. The van der Waals surface area contributed by atoms with Crippen molar-refractivity contribution in [3.05, 3.63) is 59.4 Å². The van der Waals surface area contributed by atoms with Crippen LogP contribution in [0.25, 0.3) is 22.2 Å². The molecule has 1 aliphatic heterocycles. The summed E-state index contributed by atoms with van der Waals surface area (Å²) in [6.07, 6.45) is -2.27. The van der Waals surface area contributed by atoms with Gasteiger partial charge in [-0.1, -0.05) is 18.2 Å². The third kappa shape index (κ3) is 4.08. The number of aromatic amines is 1. The maximum atomic E-state index is 13.8. The Kier molecular flexibility index (Phi) is 5.64. The van der Waals surface area contributed by atoms with E-state index in [0.717, 1.165) is 23.0 Å². The SMILES string of the molecule is C[C@H](c1nc(C(F)(F)F)cc2c(-c3cccc(C4(Cc5nncn5C)COC4)c3)n[nH]c12)N(C)C. The topological polar surface area (TPSA) is 84.7 Å². The van der Waals surface area contributed by atoms with Crippen molar-refractivity contribution in [2.24, 2.45) is 7.05 Å². The van der Waals surface area contributed by atoms with Crippen molar-refractivity contribution in [2.75, 3.05) is 27.3 Å². The normalized spacial score (nSPS) is 16.6. The van der Waals surface area contributed by atoms with E-state index in [4.69, 9.17) is 4.74 Å². The molecule has 0 radical (unpaired) electrons. The van der Waals surface area contributed by atoms with E-state index in [0.29, 0.717) is 41.9 Å². The van der Waals surface area contributed by atoms with E-state index in [9.17, 15) is 13.2 Å². The Bertz CT molecular complexity index is 1370. The second-order valence-electron chi connectivity index (χ2n) is 9.41. The number of aryl methyl sites for hydroxylation is 1. The van der Waals surface area contributed by atoms with Crippen molar-refractivity contribution in [1.29, 1.82) is 0 Å². The van der Waals surface area contributed by atoms with Crippen molar-refractivity contribution >= 4 is 10.9 Å². The highest BCUT2D eigenvalue weighted by atomic mass is 19.4. The number of fused-ring (bicyclic) bond motifs is 1. The van der Waals surface area contributed by atoms with E-state index < -0.39 is 11.9 Å². The molecule has 3 aromatic heterocycles. The van der Waals surface area contributed by atoms with Crippen molar-refractivity contribution in [1.82, 2.24) is 34.8 Å². The molecule has 1 N–H and O–H groups in total. The summed E-state index contributed by atoms with van der Waals surface area (Å²) in [5.41, 5.74) is 1.79. The van der Waals surface area contributed by atoms with E-state index in [2.05, 4.69) is 25.4 Å². The van der Waals surface area contributed by atoms with Crippen LogP contribution in [0.15, 0.2) is 36.7 Å². The second kappa shape index (κ2) is 8.42. The summed E-state index contributed by atoms with van der Waals surface area (Å²) in [6.45, 7) is 2.87. The summed E-state index contributed by atoms with van der Waals surface area (Å²) >= 11 is 0. The highest BCUT2D eigenvalue weighted by Crippen LogP contribution is 2.40. The Morgan fingerprint density at radius 2 is 2.00 bits per heavy atom. The molecule has 0 aliphatic carbocycles. The highest BCUT2D eigenvalue weighted by molar-refractivity contribution is 5.94. The molecule has 0 unspecified atom stereocenters. The van der Waals surface area contributed by atoms with Gasteiger partial charge in [0, 0.05) is 29.8 Å². The van der Waals surface area contributed by atoms with Crippen LogP contribution >= 0.6 is 0 Å². The zero-order chi connectivity index (χ0) is 25.0. The Balaban J connectivity index is 1.62. The fourth-order valence-corrected chi connectivity index (χ4v) is 4.44. The lowest BCUT2D eigenvalue weighted by Crippen LogP contribution is -2.49. The van der Waals surface area contributed by atoms with Crippen LogP contribution in [-0.4, -0.2) is 62.2 Å². The Morgan fingerprint density at radius 3 is 2.60 bits per heavy atom. The predicted molar refractivity (Wildman–Crippen MR) is 124 cm³/mol. The van der Waals surface area contributed by atoms with Crippen molar-refractivity contribution < 1.29 is 17.9 Å². The van der Waals surface area contributed by atoms with Gasteiger partial charge in [-0.15, -0.1) is 10.2 Å². The molecular formula is C24H26F3N7O. The predicted octanol–water partition coefficient (Wildman–Crippen LogP) is 3.91. The Morgan fingerprint density at radius 1 is 1.23 bits per heavy atom. The molecule has 0 bridgehead atoms. The number of nitrogens with one attached hydrogen (secondary N) is 1. The molecule has 0 spiro atoms. The van der Waals surface area contributed by atoms with Crippen molar-refractivity contribution in [2.45, 2.75) is 31.0 Å². The maximum Gasteiger partial charge on any atom is 0.433 e. The van der Waals surface area contributed by atoms with Crippen LogP contribution in [0.3, 0.4) is 0 Å². The number of nitrogens with zero attached hydrogens (tertiary/aromatic N) is 6. The number of pyridine rings is 1. The third-order valence-electron chi connectivity index (χ3n) is 6.85. The molecule has 5 rings (SSSR count). The number of aromatic nitrogens is 6. The smallest absolute Gasteiger partial charge is 0.379 e. The van der Waals surface area contributed by atoms with Gasteiger partial charge in [0.15, 0.2) is 0 Å². The highest BCUT2D eigenvalue weighted by Gasteiger charge is 2.42. The summed E-state index contributed by atoms with van der Waals surface area (Å²) in [5, 5.41) is 16.0. The zero-order valence-corrected chi connectivity index (χ0v) is 19.9. The molecule has 4 heterocycles. The third-order valence-corrected chi connectivity index (χ3v) is 6.85. The first-order valence-corrected chi connectivity index (χ1v) is 11.2. The molecule has 11 heteroatoms. The van der Waals surface area contributed by atoms with Gasteiger partial charge in [0.1, 0.15) is 23.5 Å². The summed E-state index contributed by atoms with van der Waals surface area (Å²) < 4.78 is 48.7. The molecule has 1 saturated heterocycles. The molecule has 1 atom stereocenters. The van der Waals surface area contributed by atoms with Crippen LogP contribution in [0, 0.1) is 0 Å². The van der Waals surface area contributed by atoms with Crippen LogP contribution < -0.4 is 0 Å². The molecule has 8 nitrogen and oxygen atoms in total. The van der Waals surface area contributed by atoms with Crippen molar-refractivity contribution in [3.63, 3.8) is 0 Å². The van der Waals surface area contributed by atoms with Crippen LogP contribution in [0.2, 0.25) is 0 Å². The van der Waals surface area contributed by atoms with Crippen LogP contribution in [0.5, 0.6) is 0 Å². The number of halogens is 3. The fraction of sp³-hybridized carbons (Fsp3) is 0.417. The number of alkyl halides is 3. The van der Waals surface area contributed by atoms with Crippen LogP contribution in [0.4, 0.5) is 13.2 Å². The number of benzene rings is 1. The largest absolute Gasteiger partial charge is 0.433 e. The average molecular weight is 486 g/mol. The molecule has 184 valence electrons. The van der Waals surface area contributed by atoms with E-state index in [1.54, 1.807) is 20.4 Å². The number of hydrogen-bond donors (Lipinski definition) is 1. The summed E-state index contributed by atoms with van der Waals surface area (Å²) in [5.74, 6) is 0.840. The number of ether oxygens (including phenoxy) is 1. The lowest BCUT2D eigenvalue weighted by atomic mass is 9.75. The lowest BCUT2D eigenvalue weighted by Gasteiger charge is -2.41. The first-order valence-electron chi connectivity index (χ1n) is 11.2. The summed E-state index contributed by atoms with van der Waals surface area (Å²) in [4.78, 5) is 5.78. The number of rotatable bonds is 6. The quantitative estimate of drug-likeness (QED) is 0.446. The zero-order valence-electron chi connectivity index (χ0n) is 19.9. The molecule has 0 amide bonds. The minimum atomic E-state index is -4.57. The van der Waals surface area contributed by atoms with E-state index in [-0.39, 0.29) is 11.5 Å². The van der Waals surface area contributed by atoms with Gasteiger partial charge in [0.05, 0.1) is 30.5 Å². The van der Waals surface area contributed by atoms with E-state index in [1.807, 2.05) is 47.7 Å². The van der Waals surface area contributed by atoms with Gasteiger partial charge < -0.3 is 14.2 Å². The molecule has 0 saturated carbocycles. The van der Waals surface area contributed by atoms with E-state index in [1.165, 1.54) is 0 Å². The number of H-pyrrole nitrogens is 1. The summed E-state index contributed by atoms with van der Waals surface area (Å²) in [6, 6.07) is 8.49. The van der Waals surface area contributed by atoms with Gasteiger partial charge >= 0.3 is 6.18 Å². The summed E-state index contributed by atoms with van der Waals surface area (Å²) in [7, 11) is 5.50. The molecule has 1 aromatic carbocycles. The monoisotopic (exact) mass is 485 g/mol. The number of hydrogen-bond acceptors (Lipinski definition) is 6. The van der Waals surface area contributed by atoms with Crippen molar-refractivity contribution in [3.8, 4) is 11.3 Å². The fourth-order valence-electron chi connectivity index (χ4n) is 4.44. The van der Waals surface area contributed by atoms with Crippen LogP contribution in [0.1, 0.15) is 35.7 Å². The van der Waals surface area contributed by atoms with Crippen LogP contribution in [-0.2, 0) is 29.8 Å². The van der Waals surface area contributed by atoms with E-state index >= 15 is 0 Å². The van der Waals surface area contributed by atoms with Gasteiger partial charge in [-0.2, -0.15) is 18.3 Å². The molecule has 4 aromatic rings. The molecule has 1 aliphatic rings. The van der Waals surface area contributed by atoms with Gasteiger partial charge in [0.2, 0.25) is 0 Å². The Labute approximate surface area is 200 Å². The minimum absolute atomic E-state index is 0.286. The average Bonchev–Trinajstić information content (AvgIpc) is 3.40. The maximum absolute atomic E-state index is 13.8. The molecular weight excluding hydrogens is 459 g/mol. The molecule has 1 fully saturated rings. The lowest BCUT2D eigenvalue weighted by molar-refractivity contribution is -0.141. The minimum Gasteiger partial charge on any atom is -0.379 e. The first-order chi connectivity index (χ1) is 16.6. The van der Waals surface area contributed by atoms with Gasteiger partial charge in [-0.3, -0.25) is 5.10 Å². The molecule has 35 heavy (non-hydrogen) atoms. The Hall–Kier alpha value is -3.31. The van der Waals surface area contributed by atoms with Gasteiger partial charge in [-0.25, -0.2) is 4.98 Å². The standard InChI is InChI=1S/C24H26F3N7O/c1-14(33(2)3)20-22-17(9-18(29-20)24(25,26)27)21(31-32-22)15-6-5-7-16(8-15)23(11-35-12-23)10-19-30-28-13-34(19)4/h5-9,13-14H,10-12H2,1-4H3,(H,31,32)/t14-/m1/s1.